The number of benzene rings is 2. The fraction of sp³-hybridized carbons (Fsp3) is 0.333. The summed E-state index contributed by atoms with van der Waals surface area (Å²) in [7, 11) is 0. The van der Waals surface area contributed by atoms with Crippen LogP contribution in [0.1, 0.15) is 37.4 Å². The molecule has 0 radical (unpaired) electrons. The SMILES string of the molecule is CCNC(CC)c1cccc(Oc2cc(Cl)ccc2C)c1. The molecule has 21 heavy (non-hydrogen) atoms. The van der Waals surface area contributed by atoms with Crippen LogP contribution in [0.2, 0.25) is 5.02 Å². The predicted molar refractivity (Wildman–Crippen MR) is 89.4 cm³/mol. The summed E-state index contributed by atoms with van der Waals surface area (Å²) in [6.07, 6.45) is 1.05. The molecular weight excluding hydrogens is 282 g/mol. The van der Waals surface area contributed by atoms with Gasteiger partial charge >= 0.3 is 0 Å². The van der Waals surface area contributed by atoms with Crippen molar-refractivity contribution in [3.63, 3.8) is 0 Å². The van der Waals surface area contributed by atoms with Crippen LogP contribution in [-0.2, 0) is 0 Å². The molecule has 2 rings (SSSR count). The number of hydrogen-bond donors (Lipinski definition) is 1. The first kappa shape index (κ1) is 15.9. The average Bonchev–Trinajstić information content (AvgIpc) is 2.49. The van der Waals surface area contributed by atoms with E-state index in [1.54, 1.807) is 0 Å². The summed E-state index contributed by atoms with van der Waals surface area (Å²) in [5.41, 5.74) is 2.32. The standard InChI is InChI=1S/C18H22ClNO/c1-4-17(20-5-2)14-7-6-8-16(11-14)21-18-12-15(19)10-9-13(18)3/h6-12,17,20H,4-5H2,1-3H3. The van der Waals surface area contributed by atoms with Gasteiger partial charge in [-0.2, -0.15) is 0 Å². The van der Waals surface area contributed by atoms with Crippen molar-refractivity contribution < 1.29 is 4.74 Å². The van der Waals surface area contributed by atoms with Crippen molar-refractivity contribution in [2.75, 3.05) is 6.54 Å². The molecule has 0 bridgehead atoms. The highest BCUT2D eigenvalue weighted by Gasteiger charge is 2.09. The number of ether oxygens (including phenoxy) is 1. The molecule has 0 saturated carbocycles. The monoisotopic (exact) mass is 303 g/mol. The van der Waals surface area contributed by atoms with Crippen LogP contribution in [0.25, 0.3) is 0 Å². The van der Waals surface area contributed by atoms with E-state index in [1.165, 1.54) is 5.56 Å². The quantitative estimate of drug-likeness (QED) is 0.760. The largest absolute Gasteiger partial charge is 0.457 e. The average molecular weight is 304 g/mol. The van der Waals surface area contributed by atoms with Gasteiger partial charge in [0, 0.05) is 11.1 Å². The van der Waals surface area contributed by atoms with Crippen LogP contribution in [0, 0.1) is 6.92 Å². The topological polar surface area (TPSA) is 21.3 Å². The molecule has 0 aliphatic rings. The van der Waals surface area contributed by atoms with Gasteiger partial charge in [-0.25, -0.2) is 0 Å². The zero-order valence-corrected chi connectivity index (χ0v) is 13.6. The lowest BCUT2D eigenvalue weighted by Gasteiger charge is -2.17. The summed E-state index contributed by atoms with van der Waals surface area (Å²) in [5, 5.41) is 4.17. The number of rotatable bonds is 6. The van der Waals surface area contributed by atoms with Crippen LogP contribution in [0.3, 0.4) is 0 Å². The first-order valence-corrected chi connectivity index (χ1v) is 7.79. The second kappa shape index (κ2) is 7.48. The first-order valence-electron chi connectivity index (χ1n) is 7.41. The Morgan fingerprint density at radius 3 is 2.67 bits per heavy atom. The molecule has 2 nitrogen and oxygen atoms in total. The number of halogens is 1. The molecule has 1 unspecified atom stereocenters. The molecule has 2 aromatic rings. The Labute approximate surface area is 132 Å². The number of aryl methyl sites for hydroxylation is 1. The fourth-order valence-corrected chi connectivity index (χ4v) is 2.51. The molecule has 2 aromatic carbocycles. The lowest BCUT2D eigenvalue weighted by Crippen LogP contribution is -2.19. The van der Waals surface area contributed by atoms with Crippen molar-refractivity contribution in [3.05, 3.63) is 58.6 Å². The molecule has 0 amide bonds. The molecular formula is C18H22ClNO. The second-order valence-electron chi connectivity index (χ2n) is 5.10. The lowest BCUT2D eigenvalue weighted by molar-refractivity contribution is 0.474. The Bertz CT molecular complexity index is 598. The van der Waals surface area contributed by atoms with Crippen LogP contribution in [-0.4, -0.2) is 6.54 Å². The van der Waals surface area contributed by atoms with Gasteiger partial charge in [0.25, 0.3) is 0 Å². The highest BCUT2D eigenvalue weighted by atomic mass is 35.5. The van der Waals surface area contributed by atoms with E-state index < -0.39 is 0 Å². The van der Waals surface area contributed by atoms with Crippen LogP contribution in [0.15, 0.2) is 42.5 Å². The van der Waals surface area contributed by atoms with E-state index in [0.29, 0.717) is 11.1 Å². The summed E-state index contributed by atoms with van der Waals surface area (Å²) < 4.78 is 5.99. The zero-order chi connectivity index (χ0) is 15.2. The number of hydrogen-bond acceptors (Lipinski definition) is 2. The molecule has 0 fully saturated rings. The van der Waals surface area contributed by atoms with Crippen molar-refractivity contribution >= 4 is 11.6 Å². The van der Waals surface area contributed by atoms with Gasteiger partial charge in [-0.1, -0.05) is 43.6 Å². The third kappa shape index (κ3) is 4.23. The maximum atomic E-state index is 6.04. The van der Waals surface area contributed by atoms with E-state index in [-0.39, 0.29) is 0 Å². The van der Waals surface area contributed by atoms with Crippen molar-refractivity contribution in [3.8, 4) is 11.5 Å². The Hall–Kier alpha value is -1.51. The van der Waals surface area contributed by atoms with Crippen molar-refractivity contribution in [1.82, 2.24) is 5.32 Å². The normalized spacial score (nSPS) is 12.2. The maximum absolute atomic E-state index is 6.04. The van der Waals surface area contributed by atoms with Crippen LogP contribution >= 0.6 is 11.6 Å². The van der Waals surface area contributed by atoms with Gasteiger partial charge in [0.05, 0.1) is 0 Å². The van der Waals surface area contributed by atoms with Gasteiger partial charge in [0.15, 0.2) is 0 Å². The minimum Gasteiger partial charge on any atom is -0.457 e. The first-order chi connectivity index (χ1) is 10.1. The number of nitrogens with one attached hydrogen (secondary N) is 1. The van der Waals surface area contributed by atoms with E-state index in [2.05, 4.69) is 31.3 Å². The lowest BCUT2D eigenvalue weighted by atomic mass is 10.0. The van der Waals surface area contributed by atoms with Crippen molar-refractivity contribution in [1.29, 1.82) is 0 Å². The predicted octanol–water partition coefficient (Wildman–Crippen LogP) is 5.50. The van der Waals surface area contributed by atoms with Crippen molar-refractivity contribution in [2.45, 2.75) is 33.2 Å². The molecule has 0 aliphatic heterocycles. The highest BCUT2D eigenvalue weighted by Crippen LogP contribution is 2.29. The summed E-state index contributed by atoms with van der Waals surface area (Å²) >= 11 is 6.04. The van der Waals surface area contributed by atoms with Gasteiger partial charge < -0.3 is 10.1 Å². The third-order valence-corrected chi connectivity index (χ3v) is 3.73. The minimum atomic E-state index is 0.360. The minimum absolute atomic E-state index is 0.360. The molecule has 1 N–H and O–H groups in total. The second-order valence-corrected chi connectivity index (χ2v) is 5.54. The van der Waals surface area contributed by atoms with Crippen LogP contribution < -0.4 is 10.1 Å². The fourth-order valence-electron chi connectivity index (χ4n) is 2.35. The summed E-state index contributed by atoms with van der Waals surface area (Å²) in [4.78, 5) is 0. The molecule has 0 aromatic heterocycles. The molecule has 0 heterocycles. The Morgan fingerprint density at radius 2 is 1.95 bits per heavy atom. The van der Waals surface area contributed by atoms with Gasteiger partial charge in [-0.15, -0.1) is 0 Å². The Kier molecular flexibility index (Phi) is 5.66. The van der Waals surface area contributed by atoms with Crippen LogP contribution in [0.5, 0.6) is 11.5 Å². The summed E-state index contributed by atoms with van der Waals surface area (Å²) in [6, 6.07) is 14.3. The molecule has 0 saturated heterocycles. The molecule has 1 atom stereocenters. The van der Waals surface area contributed by atoms with Gasteiger partial charge in [-0.3, -0.25) is 0 Å². The maximum Gasteiger partial charge on any atom is 0.131 e. The highest BCUT2D eigenvalue weighted by molar-refractivity contribution is 6.30. The third-order valence-electron chi connectivity index (χ3n) is 3.50. The smallest absolute Gasteiger partial charge is 0.131 e. The van der Waals surface area contributed by atoms with Crippen LogP contribution in [0.4, 0.5) is 0 Å². The van der Waals surface area contributed by atoms with E-state index >= 15 is 0 Å². The van der Waals surface area contributed by atoms with E-state index in [9.17, 15) is 0 Å². The Balaban J connectivity index is 2.23. The summed E-state index contributed by atoms with van der Waals surface area (Å²) in [6.45, 7) is 7.28. The molecule has 0 spiro atoms. The Morgan fingerprint density at radius 1 is 1.14 bits per heavy atom. The van der Waals surface area contributed by atoms with Crippen molar-refractivity contribution in [2.24, 2.45) is 0 Å². The zero-order valence-electron chi connectivity index (χ0n) is 12.8. The molecule has 0 aliphatic carbocycles. The van der Waals surface area contributed by atoms with Gasteiger partial charge in [0.1, 0.15) is 11.5 Å². The van der Waals surface area contributed by atoms with E-state index in [4.69, 9.17) is 16.3 Å². The molecule has 3 heteroatoms. The van der Waals surface area contributed by atoms with E-state index in [0.717, 1.165) is 30.0 Å². The van der Waals surface area contributed by atoms with E-state index in [1.807, 2.05) is 37.3 Å². The molecule has 112 valence electrons. The van der Waals surface area contributed by atoms with Gasteiger partial charge in [0.2, 0.25) is 0 Å². The van der Waals surface area contributed by atoms with Gasteiger partial charge in [-0.05, 0) is 55.3 Å². The summed E-state index contributed by atoms with van der Waals surface area (Å²) in [5.74, 6) is 1.64.